The zero-order valence-electron chi connectivity index (χ0n) is 8.86. The molecule has 0 atom stereocenters. The molecule has 0 unspecified atom stereocenters. The van der Waals surface area contributed by atoms with Crippen LogP contribution in [0.5, 0.6) is 0 Å². The van der Waals surface area contributed by atoms with Gasteiger partial charge < -0.3 is 15.8 Å². The van der Waals surface area contributed by atoms with E-state index in [0.717, 1.165) is 5.56 Å². The van der Waals surface area contributed by atoms with Crippen molar-refractivity contribution in [1.29, 1.82) is 5.26 Å². The van der Waals surface area contributed by atoms with E-state index in [2.05, 4.69) is 21.1 Å². The van der Waals surface area contributed by atoms with Crippen LogP contribution in [0, 0.1) is 18.3 Å². The SMILES string of the molecule is Cc1ccnc(NCCOC(N)=O)c1C#N. The molecule has 84 valence electrons. The third-order valence-corrected chi connectivity index (χ3v) is 1.91. The summed E-state index contributed by atoms with van der Waals surface area (Å²) in [6.07, 6.45) is 0.785. The van der Waals surface area contributed by atoms with Crippen LogP contribution in [-0.4, -0.2) is 24.2 Å². The number of aromatic nitrogens is 1. The highest BCUT2D eigenvalue weighted by molar-refractivity contribution is 5.64. The van der Waals surface area contributed by atoms with Gasteiger partial charge in [0.1, 0.15) is 18.5 Å². The van der Waals surface area contributed by atoms with Crippen molar-refractivity contribution in [3.63, 3.8) is 0 Å². The zero-order chi connectivity index (χ0) is 12.0. The zero-order valence-corrected chi connectivity index (χ0v) is 8.86. The molecule has 0 fully saturated rings. The Labute approximate surface area is 93.0 Å². The average molecular weight is 220 g/mol. The van der Waals surface area contributed by atoms with E-state index in [9.17, 15) is 4.79 Å². The first-order valence-corrected chi connectivity index (χ1v) is 4.67. The number of hydrogen-bond donors (Lipinski definition) is 2. The number of hydrogen-bond acceptors (Lipinski definition) is 5. The van der Waals surface area contributed by atoms with Gasteiger partial charge in [-0.3, -0.25) is 0 Å². The Morgan fingerprint density at radius 1 is 1.75 bits per heavy atom. The van der Waals surface area contributed by atoms with E-state index in [-0.39, 0.29) is 6.61 Å². The number of aryl methyl sites for hydroxylation is 1. The Morgan fingerprint density at radius 2 is 2.50 bits per heavy atom. The van der Waals surface area contributed by atoms with Crippen molar-refractivity contribution in [3.8, 4) is 6.07 Å². The molecule has 1 rings (SSSR count). The number of primary amides is 1. The Balaban J connectivity index is 2.58. The van der Waals surface area contributed by atoms with Crippen LogP contribution in [-0.2, 0) is 4.74 Å². The van der Waals surface area contributed by atoms with E-state index in [4.69, 9.17) is 11.0 Å². The van der Waals surface area contributed by atoms with Crippen molar-refractivity contribution in [2.75, 3.05) is 18.5 Å². The molecule has 0 aromatic carbocycles. The van der Waals surface area contributed by atoms with Crippen LogP contribution in [0.25, 0.3) is 0 Å². The minimum atomic E-state index is -0.820. The molecule has 1 amide bonds. The average Bonchev–Trinajstić information content (AvgIpc) is 2.24. The Kier molecular flexibility index (Phi) is 4.09. The van der Waals surface area contributed by atoms with Gasteiger partial charge >= 0.3 is 6.09 Å². The van der Waals surface area contributed by atoms with E-state index in [1.165, 1.54) is 0 Å². The topological polar surface area (TPSA) is 101 Å². The van der Waals surface area contributed by atoms with Crippen LogP contribution in [0.2, 0.25) is 0 Å². The first-order chi connectivity index (χ1) is 7.65. The summed E-state index contributed by atoms with van der Waals surface area (Å²) in [6.45, 7) is 2.31. The number of nitrogens with zero attached hydrogens (tertiary/aromatic N) is 2. The number of nitriles is 1. The lowest BCUT2D eigenvalue weighted by atomic mass is 10.1. The lowest BCUT2D eigenvalue weighted by molar-refractivity contribution is 0.161. The highest BCUT2D eigenvalue weighted by Gasteiger charge is 2.05. The van der Waals surface area contributed by atoms with Crippen molar-refractivity contribution in [2.45, 2.75) is 6.92 Å². The molecule has 1 heterocycles. The molecular weight excluding hydrogens is 208 g/mol. The first kappa shape index (κ1) is 11.8. The minimum absolute atomic E-state index is 0.135. The molecule has 0 bridgehead atoms. The Bertz CT molecular complexity index is 425. The summed E-state index contributed by atoms with van der Waals surface area (Å²) in [5.41, 5.74) is 6.13. The van der Waals surface area contributed by atoms with Crippen molar-refractivity contribution in [3.05, 3.63) is 23.4 Å². The molecule has 0 radical (unpaired) electrons. The van der Waals surface area contributed by atoms with Gasteiger partial charge in [0.15, 0.2) is 0 Å². The summed E-state index contributed by atoms with van der Waals surface area (Å²) in [7, 11) is 0. The molecule has 1 aromatic heterocycles. The number of carbonyl (C=O) groups excluding carboxylic acids is 1. The summed E-state index contributed by atoms with van der Waals surface area (Å²) < 4.78 is 4.53. The van der Waals surface area contributed by atoms with Gasteiger partial charge in [0.2, 0.25) is 0 Å². The van der Waals surface area contributed by atoms with E-state index >= 15 is 0 Å². The summed E-state index contributed by atoms with van der Waals surface area (Å²) >= 11 is 0. The number of amides is 1. The van der Waals surface area contributed by atoms with E-state index < -0.39 is 6.09 Å². The monoisotopic (exact) mass is 220 g/mol. The summed E-state index contributed by atoms with van der Waals surface area (Å²) in [5, 5.41) is 11.8. The predicted octanol–water partition coefficient (Wildman–Crippen LogP) is 0.769. The fourth-order valence-electron chi connectivity index (χ4n) is 1.15. The van der Waals surface area contributed by atoms with Gasteiger partial charge in [-0.1, -0.05) is 0 Å². The molecule has 16 heavy (non-hydrogen) atoms. The lowest BCUT2D eigenvalue weighted by Gasteiger charge is -2.08. The van der Waals surface area contributed by atoms with Crippen LogP contribution >= 0.6 is 0 Å². The van der Waals surface area contributed by atoms with Gasteiger partial charge in [0, 0.05) is 6.20 Å². The highest BCUT2D eigenvalue weighted by atomic mass is 16.5. The summed E-state index contributed by atoms with van der Waals surface area (Å²) in [6, 6.07) is 3.81. The molecule has 0 saturated heterocycles. The second-order valence-corrected chi connectivity index (χ2v) is 3.06. The van der Waals surface area contributed by atoms with E-state index in [1.54, 1.807) is 12.3 Å². The number of ether oxygens (including phenoxy) is 1. The Morgan fingerprint density at radius 3 is 3.12 bits per heavy atom. The third kappa shape index (κ3) is 3.13. The lowest BCUT2D eigenvalue weighted by Crippen LogP contribution is -2.19. The normalized spacial score (nSPS) is 9.25. The van der Waals surface area contributed by atoms with Gasteiger partial charge in [0.05, 0.1) is 12.1 Å². The molecular formula is C10H12N4O2. The maximum Gasteiger partial charge on any atom is 0.404 e. The number of anilines is 1. The van der Waals surface area contributed by atoms with Gasteiger partial charge in [-0.2, -0.15) is 5.26 Å². The standard InChI is InChI=1S/C10H12N4O2/c1-7-2-3-13-9(8(7)6-11)14-4-5-16-10(12)15/h2-3H,4-5H2,1H3,(H2,12,15)(H,13,14). The maximum atomic E-state index is 10.3. The van der Waals surface area contributed by atoms with Crippen molar-refractivity contribution >= 4 is 11.9 Å². The molecule has 6 heteroatoms. The third-order valence-electron chi connectivity index (χ3n) is 1.91. The fourth-order valence-corrected chi connectivity index (χ4v) is 1.15. The van der Waals surface area contributed by atoms with Crippen LogP contribution in [0.3, 0.4) is 0 Å². The van der Waals surface area contributed by atoms with Crippen LogP contribution in [0.15, 0.2) is 12.3 Å². The molecule has 0 spiro atoms. The quantitative estimate of drug-likeness (QED) is 0.730. The summed E-state index contributed by atoms with van der Waals surface area (Å²) in [5.74, 6) is 0.482. The molecule has 0 aliphatic rings. The van der Waals surface area contributed by atoms with Gasteiger partial charge in [-0.05, 0) is 18.6 Å². The minimum Gasteiger partial charge on any atom is -0.448 e. The largest absolute Gasteiger partial charge is 0.448 e. The number of nitrogens with two attached hydrogens (primary N) is 1. The van der Waals surface area contributed by atoms with Crippen LogP contribution in [0.4, 0.5) is 10.6 Å². The van der Waals surface area contributed by atoms with E-state index in [1.807, 2.05) is 6.92 Å². The first-order valence-electron chi connectivity index (χ1n) is 4.67. The highest BCUT2D eigenvalue weighted by Crippen LogP contribution is 2.14. The van der Waals surface area contributed by atoms with Crippen molar-refractivity contribution in [2.24, 2.45) is 5.73 Å². The number of carbonyl (C=O) groups is 1. The number of nitrogens with one attached hydrogen (secondary N) is 1. The van der Waals surface area contributed by atoms with Crippen molar-refractivity contribution < 1.29 is 9.53 Å². The van der Waals surface area contributed by atoms with Crippen molar-refractivity contribution in [1.82, 2.24) is 4.98 Å². The Hall–Kier alpha value is -2.29. The predicted molar refractivity (Wildman–Crippen MR) is 57.7 cm³/mol. The molecule has 0 aliphatic heterocycles. The maximum absolute atomic E-state index is 10.3. The van der Waals surface area contributed by atoms with Gasteiger partial charge in [-0.25, -0.2) is 9.78 Å². The van der Waals surface area contributed by atoms with E-state index in [0.29, 0.717) is 17.9 Å². The smallest absolute Gasteiger partial charge is 0.404 e. The fraction of sp³-hybridized carbons (Fsp3) is 0.300. The van der Waals surface area contributed by atoms with Gasteiger partial charge in [-0.15, -0.1) is 0 Å². The van der Waals surface area contributed by atoms with Crippen LogP contribution in [0.1, 0.15) is 11.1 Å². The molecule has 3 N–H and O–H groups in total. The second-order valence-electron chi connectivity index (χ2n) is 3.06. The van der Waals surface area contributed by atoms with Gasteiger partial charge in [0.25, 0.3) is 0 Å². The second kappa shape index (κ2) is 5.56. The summed E-state index contributed by atoms with van der Waals surface area (Å²) in [4.78, 5) is 14.3. The molecule has 1 aromatic rings. The number of rotatable bonds is 4. The number of pyridine rings is 1. The van der Waals surface area contributed by atoms with Crippen LogP contribution < -0.4 is 11.1 Å². The molecule has 0 aliphatic carbocycles. The molecule has 6 nitrogen and oxygen atoms in total. The molecule has 0 saturated carbocycles.